The normalized spacial score (nSPS) is 12.4. The molecule has 0 aliphatic carbocycles. The maximum absolute atomic E-state index is 13.6. The smallest absolute Gasteiger partial charge is 0.131 e. The molecule has 0 fully saturated rings. The highest BCUT2D eigenvalue weighted by Crippen LogP contribution is 2.24. The molecule has 0 aliphatic heterocycles. The first-order valence-corrected chi connectivity index (χ1v) is 4.90. The first-order chi connectivity index (χ1) is 8.24. The molecule has 0 saturated heterocycles. The number of rotatable bonds is 3. The second-order valence-electron chi connectivity index (χ2n) is 3.37. The fourth-order valence-electron chi connectivity index (χ4n) is 1.57. The summed E-state index contributed by atoms with van der Waals surface area (Å²) in [4.78, 5) is 7.65. The van der Waals surface area contributed by atoms with Gasteiger partial charge >= 0.3 is 0 Å². The first-order valence-electron chi connectivity index (χ1n) is 4.90. The summed E-state index contributed by atoms with van der Waals surface area (Å²) in [5, 5.41) is 0. The monoisotopic (exact) mass is 236 g/mol. The Morgan fingerprint density at radius 3 is 2.41 bits per heavy atom. The Morgan fingerprint density at radius 1 is 1.18 bits per heavy atom. The molecule has 88 valence electrons. The Kier molecular flexibility index (Phi) is 3.36. The number of hydrogen-bond acceptors (Lipinski definition) is 4. The van der Waals surface area contributed by atoms with E-state index < -0.39 is 17.7 Å². The summed E-state index contributed by atoms with van der Waals surface area (Å²) in [6.45, 7) is 0. The van der Waals surface area contributed by atoms with Gasteiger partial charge in [0.05, 0.1) is 11.7 Å². The number of aromatic nitrogens is 2. The summed E-state index contributed by atoms with van der Waals surface area (Å²) in [5.74, 6) is 3.98. The molecule has 4 nitrogen and oxygen atoms in total. The van der Waals surface area contributed by atoms with Crippen molar-refractivity contribution >= 4 is 0 Å². The van der Waals surface area contributed by atoms with Crippen molar-refractivity contribution in [3.05, 3.63) is 59.7 Å². The Hall–Kier alpha value is -1.92. The minimum absolute atomic E-state index is 0.159. The molecule has 0 amide bonds. The van der Waals surface area contributed by atoms with E-state index in [2.05, 4.69) is 15.4 Å². The summed E-state index contributed by atoms with van der Waals surface area (Å²) in [6.07, 6.45) is 2.77. The van der Waals surface area contributed by atoms with Crippen molar-refractivity contribution in [2.24, 2.45) is 5.84 Å². The van der Waals surface area contributed by atoms with Crippen LogP contribution in [0.3, 0.4) is 0 Å². The molecule has 2 aromatic rings. The average molecular weight is 236 g/mol. The molecule has 6 heteroatoms. The third-order valence-corrected chi connectivity index (χ3v) is 2.36. The topological polar surface area (TPSA) is 63.8 Å². The molecule has 1 heterocycles. The van der Waals surface area contributed by atoms with Gasteiger partial charge in [-0.3, -0.25) is 5.84 Å². The molecule has 17 heavy (non-hydrogen) atoms. The van der Waals surface area contributed by atoms with E-state index in [4.69, 9.17) is 5.84 Å². The van der Waals surface area contributed by atoms with Crippen molar-refractivity contribution in [3.8, 4) is 0 Å². The Balaban J connectivity index is 2.50. The Morgan fingerprint density at radius 2 is 1.88 bits per heavy atom. The zero-order chi connectivity index (χ0) is 12.3. The van der Waals surface area contributed by atoms with Crippen LogP contribution in [0, 0.1) is 11.6 Å². The number of benzene rings is 1. The van der Waals surface area contributed by atoms with Gasteiger partial charge in [0, 0.05) is 11.8 Å². The number of nitrogens with two attached hydrogens (primary N) is 1. The van der Waals surface area contributed by atoms with Gasteiger partial charge in [0.15, 0.2) is 0 Å². The summed E-state index contributed by atoms with van der Waals surface area (Å²) in [6, 6.07) is 4.32. The van der Waals surface area contributed by atoms with Crippen molar-refractivity contribution in [1.82, 2.24) is 15.4 Å². The molecule has 0 radical (unpaired) electrons. The summed E-state index contributed by atoms with van der Waals surface area (Å²) >= 11 is 0. The average Bonchev–Trinajstić information content (AvgIpc) is 2.35. The van der Waals surface area contributed by atoms with Crippen LogP contribution in [-0.4, -0.2) is 9.97 Å². The Bertz CT molecular complexity index is 484. The lowest BCUT2D eigenvalue weighted by Gasteiger charge is -2.16. The van der Waals surface area contributed by atoms with Crippen molar-refractivity contribution in [1.29, 1.82) is 0 Å². The van der Waals surface area contributed by atoms with Crippen LogP contribution in [0.2, 0.25) is 0 Å². The Labute approximate surface area is 96.5 Å². The molecule has 3 N–H and O–H groups in total. The number of nitrogens with zero attached hydrogens (tertiary/aromatic N) is 2. The van der Waals surface area contributed by atoms with E-state index in [1.54, 1.807) is 0 Å². The summed E-state index contributed by atoms with van der Waals surface area (Å²) in [7, 11) is 0. The second kappa shape index (κ2) is 4.94. The highest BCUT2D eigenvalue weighted by molar-refractivity contribution is 5.29. The molecular formula is C11H10F2N4. The van der Waals surface area contributed by atoms with Crippen LogP contribution in [0.25, 0.3) is 0 Å². The molecule has 2 rings (SSSR count). The van der Waals surface area contributed by atoms with Gasteiger partial charge in [0.1, 0.15) is 18.0 Å². The fourth-order valence-corrected chi connectivity index (χ4v) is 1.57. The van der Waals surface area contributed by atoms with Gasteiger partial charge in [-0.15, -0.1) is 0 Å². The maximum atomic E-state index is 13.6. The number of hydrazine groups is 1. The predicted octanol–water partition coefficient (Wildman–Crippen LogP) is 1.31. The van der Waals surface area contributed by atoms with Gasteiger partial charge in [0.25, 0.3) is 0 Å². The van der Waals surface area contributed by atoms with Gasteiger partial charge in [-0.25, -0.2) is 24.2 Å². The lowest BCUT2D eigenvalue weighted by Crippen LogP contribution is -2.31. The third kappa shape index (κ3) is 2.27. The van der Waals surface area contributed by atoms with E-state index in [0.29, 0.717) is 5.69 Å². The van der Waals surface area contributed by atoms with Gasteiger partial charge in [-0.2, -0.15) is 0 Å². The van der Waals surface area contributed by atoms with E-state index >= 15 is 0 Å². The van der Waals surface area contributed by atoms with Gasteiger partial charge in [-0.1, -0.05) is 6.07 Å². The number of nitrogens with one attached hydrogen (secondary N) is 1. The van der Waals surface area contributed by atoms with Crippen molar-refractivity contribution in [2.45, 2.75) is 6.04 Å². The van der Waals surface area contributed by atoms with Crippen LogP contribution >= 0.6 is 0 Å². The maximum Gasteiger partial charge on any atom is 0.131 e. The van der Waals surface area contributed by atoms with Crippen LogP contribution in [0.5, 0.6) is 0 Å². The number of halogens is 2. The van der Waals surface area contributed by atoms with Crippen molar-refractivity contribution in [3.63, 3.8) is 0 Å². The van der Waals surface area contributed by atoms with Crippen LogP contribution < -0.4 is 11.3 Å². The quantitative estimate of drug-likeness (QED) is 0.623. The standard InChI is InChI=1S/C11H10F2N4/c12-7-2-1-3-8(13)10(7)11(17-14)9-4-5-15-6-16-9/h1-6,11,17H,14H2. The van der Waals surface area contributed by atoms with Crippen molar-refractivity contribution < 1.29 is 8.78 Å². The van der Waals surface area contributed by atoms with Crippen LogP contribution in [0.1, 0.15) is 17.3 Å². The van der Waals surface area contributed by atoms with Gasteiger partial charge in [0.2, 0.25) is 0 Å². The van der Waals surface area contributed by atoms with Gasteiger partial charge in [-0.05, 0) is 18.2 Å². The highest BCUT2D eigenvalue weighted by Gasteiger charge is 2.21. The van der Waals surface area contributed by atoms with Crippen LogP contribution in [-0.2, 0) is 0 Å². The highest BCUT2D eigenvalue weighted by atomic mass is 19.1. The molecule has 1 aromatic carbocycles. The van der Waals surface area contributed by atoms with E-state index in [0.717, 1.165) is 0 Å². The van der Waals surface area contributed by atoms with Crippen LogP contribution in [0.15, 0.2) is 36.8 Å². The largest absolute Gasteiger partial charge is 0.271 e. The third-order valence-electron chi connectivity index (χ3n) is 2.36. The molecule has 0 saturated carbocycles. The minimum Gasteiger partial charge on any atom is -0.271 e. The lowest BCUT2D eigenvalue weighted by molar-refractivity contribution is 0.505. The predicted molar refractivity (Wildman–Crippen MR) is 57.6 cm³/mol. The van der Waals surface area contributed by atoms with E-state index in [1.165, 1.54) is 36.8 Å². The fraction of sp³-hybridized carbons (Fsp3) is 0.0909. The zero-order valence-corrected chi connectivity index (χ0v) is 8.77. The SMILES string of the molecule is NNC(c1ccncn1)c1c(F)cccc1F. The molecule has 0 bridgehead atoms. The van der Waals surface area contributed by atoms with E-state index in [1.807, 2.05) is 0 Å². The molecule has 1 atom stereocenters. The second-order valence-corrected chi connectivity index (χ2v) is 3.37. The molecule has 0 spiro atoms. The summed E-state index contributed by atoms with van der Waals surface area (Å²) in [5.41, 5.74) is 2.58. The molecule has 1 aromatic heterocycles. The lowest BCUT2D eigenvalue weighted by atomic mass is 10.0. The van der Waals surface area contributed by atoms with Crippen molar-refractivity contribution in [2.75, 3.05) is 0 Å². The zero-order valence-electron chi connectivity index (χ0n) is 8.77. The summed E-state index contributed by atoms with van der Waals surface area (Å²) < 4.78 is 27.2. The van der Waals surface area contributed by atoms with E-state index in [-0.39, 0.29) is 5.56 Å². The first kappa shape index (κ1) is 11.6. The molecule has 0 aliphatic rings. The number of hydrogen-bond donors (Lipinski definition) is 2. The van der Waals surface area contributed by atoms with Crippen LogP contribution in [0.4, 0.5) is 8.78 Å². The van der Waals surface area contributed by atoms with Gasteiger partial charge < -0.3 is 0 Å². The molecular weight excluding hydrogens is 226 g/mol. The molecule has 1 unspecified atom stereocenters. The van der Waals surface area contributed by atoms with E-state index in [9.17, 15) is 8.78 Å². The minimum atomic E-state index is -0.848.